The van der Waals surface area contributed by atoms with Crippen LogP contribution in [0.1, 0.15) is 12.6 Å². The normalized spacial score (nSPS) is 12.2. The molecule has 0 fully saturated rings. The highest BCUT2D eigenvalue weighted by atomic mass is 16.5. The Balaban J connectivity index is 2.51. The van der Waals surface area contributed by atoms with E-state index in [1.165, 1.54) is 0 Å². The number of hydrogen-bond donors (Lipinski definition) is 1. The van der Waals surface area contributed by atoms with E-state index >= 15 is 0 Å². The molecule has 2 heteroatoms. The number of aromatic amines is 1. The van der Waals surface area contributed by atoms with Crippen molar-refractivity contribution in [3.05, 3.63) is 60.8 Å². The summed E-state index contributed by atoms with van der Waals surface area (Å²) in [4.78, 5) is 3.39. The molecule has 1 aromatic heterocycles. The van der Waals surface area contributed by atoms with Gasteiger partial charge < -0.3 is 9.72 Å². The molecule has 92 valence electrons. The first kappa shape index (κ1) is 12.2. The fraction of sp³-hybridized carbons (Fsp3) is 0.125. The van der Waals surface area contributed by atoms with Gasteiger partial charge in [-0.15, -0.1) is 0 Å². The Morgan fingerprint density at radius 3 is 2.83 bits per heavy atom. The number of hydrogen-bond acceptors (Lipinski definition) is 1. The van der Waals surface area contributed by atoms with E-state index < -0.39 is 0 Å². The van der Waals surface area contributed by atoms with Crippen molar-refractivity contribution in [2.75, 3.05) is 7.11 Å². The lowest BCUT2D eigenvalue weighted by Gasteiger charge is -1.97. The van der Waals surface area contributed by atoms with Crippen LogP contribution in [-0.2, 0) is 0 Å². The Labute approximate surface area is 107 Å². The van der Waals surface area contributed by atoms with Crippen molar-refractivity contribution in [3.63, 3.8) is 0 Å². The minimum absolute atomic E-state index is 0.869. The second-order valence-corrected chi connectivity index (χ2v) is 3.99. The lowest BCUT2D eigenvalue weighted by Crippen LogP contribution is -1.80. The summed E-state index contributed by atoms with van der Waals surface area (Å²) in [6.07, 6.45) is 7.86. The molecule has 2 rings (SSSR count). The lowest BCUT2D eigenvalue weighted by molar-refractivity contribution is 0.415. The molecule has 1 heterocycles. The molecule has 0 atom stereocenters. The van der Waals surface area contributed by atoms with Gasteiger partial charge in [0.2, 0.25) is 0 Å². The Bertz CT molecular complexity index is 617. The molecule has 18 heavy (non-hydrogen) atoms. The van der Waals surface area contributed by atoms with Crippen LogP contribution in [-0.4, -0.2) is 12.1 Å². The quantitative estimate of drug-likeness (QED) is 0.789. The molecule has 2 nitrogen and oxygen atoms in total. The van der Waals surface area contributed by atoms with Gasteiger partial charge in [0.15, 0.2) is 0 Å². The maximum absolute atomic E-state index is 5.23. The van der Waals surface area contributed by atoms with Crippen LogP contribution in [0.3, 0.4) is 0 Å². The van der Waals surface area contributed by atoms with Gasteiger partial charge in [0.25, 0.3) is 0 Å². The van der Waals surface area contributed by atoms with Crippen molar-refractivity contribution in [1.82, 2.24) is 4.98 Å². The van der Waals surface area contributed by atoms with Crippen LogP contribution in [0.5, 0.6) is 5.75 Å². The number of allylic oxidation sites excluding steroid dienone is 5. The maximum atomic E-state index is 5.23. The molecule has 0 aliphatic rings. The Hall–Kier alpha value is -2.22. The number of H-pyrrole nitrogens is 1. The molecule has 1 N–H and O–H groups in total. The summed E-state index contributed by atoms with van der Waals surface area (Å²) in [5.74, 6) is 0.869. The third kappa shape index (κ3) is 2.38. The van der Waals surface area contributed by atoms with E-state index in [4.69, 9.17) is 4.74 Å². The fourth-order valence-corrected chi connectivity index (χ4v) is 1.93. The standard InChI is InChI=1S/C16H17NO/c1-4-6-12(7-5-2)16-11-13-10-14(18-3)8-9-15(13)17-16/h4-11,17H,1H2,2-3H3/b7-5-,12-6+. The van der Waals surface area contributed by atoms with E-state index in [0.29, 0.717) is 0 Å². The number of fused-ring (bicyclic) bond motifs is 1. The van der Waals surface area contributed by atoms with Crippen LogP contribution < -0.4 is 4.74 Å². The summed E-state index contributed by atoms with van der Waals surface area (Å²) in [5.41, 5.74) is 3.30. The van der Waals surface area contributed by atoms with Crippen LogP contribution in [0.15, 0.2) is 55.1 Å². The second kappa shape index (κ2) is 5.41. The van der Waals surface area contributed by atoms with E-state index in [0.717, 1.165) is 27.9 Å². The van der Waals surface area contributed by atoms with Crippen LogP contribution in [0, 0.1) is 0 Å². The van der Waals surface area contributed by atoms with Crippen molar-refractivity contribution in [3.8, 4) is 5.75 Å². The molecule has 2 aromatic rings. The zero-order chi connectivity index (χ0) is 13.0. The highest BCUT2D eigenvalue weighted by Crippen LogP contribution is 2.25. The summed E-state index contributed by atoms with van der Waals surface area (Å²) >= 11 is 0. The largest absolute Gasteiger partial charge is 0.497 e. The average molecular weight is 239 g/mol. The molecule has 0 unspecified atom stereocenters. The topological polar surface area (TPSA) is 25.0 Å². The van der Waals surface area contributed by atoms with Gasteiger partial charge in [0, 0.05) is 16.6 Å². The SMILES string of the molecule is C=C/C=C(\C=C/C)c1cc2cc(OC)ccc2[nH]1. The lowest BCUT2D eigenvalue weighted by atomic mass is 10.1. The fourth-order valence-electron chi connectivity index (χ4n) is 1.93. The van der Waals surface area contributed by atoms with Gasteiger partial charge in [-0.25, -0.2) is 0 Å². The molecule has 0 bridgehead atoms. The van der Waals surface area contributed by atoms with Crippen LogP contribution >= 0.6 is 0 Å². The summed E-state index contributed by atoms with van der Waals surface area (Å²) in [5, 5.41) is 1.14. The third-order valence-corrected chi connectivity index (χ3v) is 2.78. The predicted octanol–water partition coefficient (Wildman–Crippen LogP) is 4.32. The van der Waals surface area contributed by atoms with Crippen LogP contribution in [0.2, 0.25) is 0 Å². The number of aromatic nitrogens is 1. The number of benzene rings is 1. The molecule has 0 saturated carbocycles. The molecule has 0 radical (unpaired) electrons. The Kier molecular flexibility index (Phi) is 3.68. The zero-order valence-electron chi connectivity index (χ0n) is 10.7. The Morgan fingerprint density at radius 1 is 1.33 bits per heavy atom. The van der Waals surface area contributed by atoms with Gasteiger partial charge in [-0.05, 0) is 36.8 Å². The van der Waals surface area contributed by atoms with Crippen molar-refractivity contribution >= 4 is 16.5 Å². The van der Waals surface area contributed by atoms with Crippen molar-refractivity contribution in [2.45, 2.75) is 6.92 Å². The monoisotopic (exact) mass is 239 g/mol. The van der Waals surface area contributed by atoms with Gasteiger partial charge in [-0.3, -0.25) is 0 Å². The minimum Gasteiger partial charge on any atom is -0.497 e. The molecule has 0 aliphatic carbocycles. The zero-order valence-corrected chi connectivity index (χ0v) is 10.7. The number of ether oxygens (including phenoxy) is 1. The summed E-state index contributed by atoms with van der Waals surface area (Å²) < 4.78 is 5.23. The number of nitrogens with one attached hydrogen (secondary N) is 1. The first-order valence-corrected chi connectivity index (χ1v) is 5.91. The van der Waals surface area contributed by atoms with Gasteiger partial charge >= 0.3 is 0 Å². The van der Waals surface area contributed by atoms with Gasteiger partial charge in [-0.1, -0.05) is 30.9 Å². The Morgan fingerprint density at radius 2 is 2.17 bits per heavy atom. The van der Waals surface area contributed by atoms with Crippen LogP contribution in [0.4, 0.5) is 0 Å². The molecular formula is C16H17NO. The maximum Gasteiger partial charge on any atom is 0.119 e. The van der Waals surface area contributed by atoms with Crippen molar-refractivity contribution < 1.29 is 4.74 Å². The van der Waals surface area contributed by atoms with Crippen molar-refractivity contribution in [2.24, 2.45) is 0 Å². The summed E-state index contributed by atoms with van der Waals surface area (Å²) in [6.45, 7) is 5.75. The predicted molar refractivity (Wildman–Crippen MR) is 77.8 cm³/mol. The molecular weight excluding hydrogens is 222 g/mol. The van der Waals surface area contributed by atoms with Crippen LogP contribution in [0.25, 0.3) is 16.5 Å². The molecule has 1 aromatic carbocycles. The first-order valence-electron chi connectivity index (χ1n) is 5.91. The summed E-state index contributed by atoms with van der Waals surface area (Å²) in [7, 11) is 1.68. The minimum atomic E-state index is 0.869. The van der Waals surface area contributed by atoms with Gasteiger partial charge in [0.1, 0.15) is 5.75 Å². The first-order chi connectivity index (χ1) is 8.78. The van der Waals surface area contributed by atoms with Gasteiger partial charge in [0.05, 0.1) is 7.11 Å². The molecule has 0 saturated heterocycles. The van der Waals surface area contributed by atoms with E-state index in [9.17, 15) is 0 Å². The third-order valence-electron chi connectivity index (χ3n) is 2.78. The molecule has 0 amide bonds. The highest BCUT2D eigenvalue weighted by Gasteiger charge is 2.04. The number of methoxy groups -OCH3 is 1. The van der Waals surface area contributed by atoms with E-state index in [1.54, 1.807) is 13.2 Å². The summed E-state index contributed by atoms with van der Waals surface area (Å²) in [6, 6.07) is 8.12. The molecule has 0 aliphatic heterocycles. The highest BCUT2D eigenvalue weighted by molar-refractivity contribution is 5.87. The average Bonchev–Trinajstić information content (AvgIpc) is 2.81. The number of rotatable bonds is 4. The van der Waals surface area contributed by atoms with Gasteiger partial charge in [-0.2, -0.15) is 0 Å². The molecule has 0 spiro atoms. The van der Waals surface area contributed by atoms with E-state index in [-0.39, 0.29) is 0 Å². The second-order valence-electron chi connectivity index (χ2n) is 3.99. The van der Waals surface area contributed by atoms with Crippen molar-refractivity contribution in [1.29, 1.82) is 0 Å². The van der Waals surface area contributed by atoms with E-state index in [2.05, 4.69) is 23.7 Å². The smallest absolute Gasteiger partial charge is 0.119 e. The van der Waals surface area contributed by atoms with E-state index in [1.807, 2.05) is 37.3 Å².